The van der Waals surface area contributed by atoms with E-state index in [1.165, 1.54) is 20.2 Å². The van der Waals surface area contributed by atoms with E-state index in [4.69, 9.17) is 10.9 Å². The molecule has 0 spiro atoms. The fourth-order valence-corrected chi connectivity index (χ4v) is 3.02. The van der Waals surface area contributed by atoms with Gasteiger partial charge in [0, 0.05) is 19.8 Å². The zero-order valence-corrected chi connectivity index (χ0v) is 12.9. The second-order valence-electron chi connectivity index (χ2n) is 4.54. The van der Waals surface area contributed by atoms with E-state index in [-0.39, 0.29) is 10.9 Å². The van der Waals surface area contributed by atoms with Crippen molar-refractivity contribution in [3.05, 3.63) is 12.0 Å². The highest BCUT2D eigenvalue weighted by Gasteiger charge is 2.30. The van der Waals surface area contributed by atoms with Crippen LogP contribution in [0.4, 0.5) is 0 Å². The fourth-order valence-electron chi connectivity index (χ4n) is 1.70. The molecular weight excluding hydrogens is 282 g/mol. The first-order valence-corrected chi connectivity index (χ1v) is 7.68. The van der Waals surface area contributed by atoms with Crippen LogP contribution in [0.25, 0.3) is 0 Å². The van der Waals surface area contributed by atoms with E-state index in [0.29, 0.717) is 12.4 Å². The van der Waals surface area contributed by atoms with E-state index in [0.717, 1.165) is 10.7 Å². The Balaban J connectivity index is 3.13. The number of sulfonamides is 1. The molecule has 0 aliphatic carbocycles. The number of hydrogen-bond acceptors (Lipinski definition) is 5. The number of likely N-dealkylation sites (N-methyl/N-ethyl adjacent to an activating group) is 1. The third kappa shape index (κ3) is 3.10. The van der Waals surface area contributed by atoms with E-state index in [2.05, 4.69) is 10.1 Å². The van der Waals surface area contributed by atoms with Gasteiger partial charge in [0.1, 0.15) is 5.82 Å². The number of aromatic nitrogens is 2. The van der Waals surface area contributed by atoms with Crippen molar-refractivity contribution in [2.24, 2.45) is 10.9 Å². The van der Waals surface area contributed by atoms with Gasteiger partial charge in [0.2, 0.25) is 0 Å². The van der Waals surface area contributed by atoms with Gasteiger partial charge < -0.3 is 15.5 Å². The van der Waals surface area contributed by atoms with Gasteiger partial charge in [-0.05, 0) is 20.3 Å². The molecule has 1 aromatic rings. The molecule has 1 heterocycles. The molecule has 0 bridgehead atoms. The first-order valence-electron chi connectivity index (χ1n) is 6.24. The van der Waals surface area contributed by atoms with Gasteiger partial charge in [0.15, 0.2) is 10.9 Å². The smallest absolute Gasteiger partial charge is 0.262 e. The number of nitrogens with zero attached hydrogens (tertiary/aromatic N) is 4. The number of amidine groups is 1. The van der Waals surface area contributed by atoms with Gasteiger partial charge in [-0.25, -0.2) is 13.4 Å². The molecule has 0 radical (unpaired) electrons. The maximum atomic E-state index is 12.4. The first-order chi connectivity index (χ1) is 9.25. The molecule has 0 aliphatic heterocycles. The van der Waals surface area contributed by atoms with Gasteiger partial charge in [-0.3, -0.25) is 0 Å². The number of rotatable bonds is 6. The third-order valence-corrected chi connectivity index (χ3v) is 4.95. The number of aryl methyl sites for hydroxylation is 2. The predicted octanol–water partition coefficient (Wildman–Crippen LogP) is 0.357. The highest BCUT2D eigenvalue weighted by molar-refractivity contribution is 7.89. The van der Waals surface area contributed by atoms with Gasteiger partial charge in [-0.2, -0.15) is 4.31 Å². The lowest BCUT2D eigenvalue weighted by Gasteiger charge is -2.21. The summed E-state index contributed by atoms with van der Waals surface area (Å²) < 4.78 is 27.7. The minimum atomic E-state index is -3.78. The Hall–Kier alpha value is -1.61. The van der Waals surface area contributed by atoms with Crippen LogP contribution in [0.1, 0.15) is 26.1 Å². The average Bonchev–Trinajstić information content (AvgIpc) is 2.78. The number of hydrogen-bond donors (Lipinski definition) is 2. The lowest BCUT2D eigenvalue weighted by Crippen LogP contribution is -2.43. The Morgan fingerprint density at radius 2 is 2.25 bits per heavy atom. The summed E-state index contributed by atoms with van der Waals surface area (Å²) in [5, 5.41) is 11.4. The molecule has 1 atom stereocenters. The van der Waals surface area contributed by atoms with Crippen molar-refractivity contribution >= 4 is 15.9 Å². The second-order valence-corrected chi connectivity index (χ2v) is 6.49. The van der Waals surface area contributed by atoms with Crippen LogP contribution in [0.15, 0.2) is 16.4 Å². The zero-order chi connectivity index (χ0) is 15.5. The van der Waals surface area contributed by atoms with Crippen molar-refractivity contribution in [1.29, 1.82) is 0 Å². The lowest BCUT2D eigenvalue weighted by atomic mass is 10.3. The average molecular weight is 303 g/mol. The summed E-state index contributed by atoms with van der Waals surface area (Å²) in [5.74, 6) is 0.455. The molecule has 0 fully saturated rings. The third-order valence-electron chi connectivity index (χ3n) is 3.15. The molecule has 0 aliphatic rings. The highest BCUT2D eigenvalue weighted by atomic mass is 32.2. The van der Waals surface area contributed by atoms with E-state index in [1.54, 1.807) is 11.5 Å². The molecule has 1 rings (SSSR count). The minimum absolute atomic E-state index is 0.0384. The van der Waals surface area contributed by atoms with Gasteiger partial charge in [0.05, 0.1) is 6.04 Å². The number of oxime groups is 1. The van der Waals surface area contributed by atoms with Crippen molar-refractivity contribution in [2.75, 3.05) is 7.05 Å². The molecule has 20 heavy (non-hydrogen) atoms. The monoisotopic (exact) mass is 303 g/mol. The van der Waals surface area contributed by atoms with Crippen molar-refractivity contribution < 1.29 is 13.6 Å². The van der Waals surface area contributed by atoms with E-state index in [9.17, 15) is 8.42 Å². The summed E-state index contributed by atoms with van der Waals surface area (Å²) in [4.78, 5) is 4.08. The Bertz CT molecular complexity index is 593. The Morgan fingerprint density at radius 1 is 1.65 bits per heavy atom. The Morgan fingerprint density at radius 3 is 2.75 bits per heavy atom. The summed E-state index contributed by atoms with van der Waals surface area (Å²) in [7, 11) is -2.42. The van der Waals surface area contributed by atoms with Crippen LogP contribution in [-0.4, -0.2) is 46.4 Å². The van der Waals surface area contributed by atoms with Crippen LogP contribution in [0.2, 0.25) is 0 Å². The number of nitrogens with two attached hydrogens (primary N) is 1. The van der Waals surface area contributed by atoms with Crippen molar-refractivity contribution in [2.45, 2.75) is 44.8 Å². The summed E-state index contributed by atoms with van der Waals surface area (Å²) in [5.41, 5.74) is 5.44. The van der Waals surface area contributed by atoms with Crippen LogP contribution < -0.4 is 5.73 Å². The Labute approximate surface area is 118 Å². The molecule has 1 unspecified atom stereocenters. The van der Waals surface area contributed by atoms with Crippen LogP contribution in [-0.2, 0) is 16.6 Å². The molecule has 0 aromatic carbocycles. The fraction of sp³-hybridized carbons (Fsp3) is 0.636. The SMILES string of the molecule is CCCn1cc(S(=O)(=O)N(C)C(C)C(N)=NO)nc1C. The van der Waals surface area contributed by atoms with Gasteiger partial charge in [-0.1, -0.05) is 12.1 Å². The molecule has 9 heteroatoms. The van der Waals surface area contributed by atoms with Gasteiger partial charge >= 0.3 is 0 Å². The van der Waals surface area contributed by atoms with Gasteiger partial charge in [0.25, 0.3) is 10.0 Å². The summed E-state index contributed by atoms with van der Waals surface area (Å²) >= 11 is 0. The summed E-state index contributed by atoms with van der Waals surface area (Å²) in [6.07, 6.45) is 2.39. The summed E-state index contributed by atoms with van der Waals surface area (Å²) in [6.45, 7) is 5.98. The maximum Gasteiger partial charge on any atom is 0.262 e. The molecule has 0 saturated carbocycles. The van der Waals surface area contributed by atoms with Crippen molar-refractivity contribution in [3.63, 3.8) is 0 Å². The minimum Gasteiger partial charge on any atom is -0.409 e. The van der Waals surface area contributed by atoms with Crippen LogP contribution in [0.3, 0.4) is 0 Å². The molecule has 0 saturated heterocycles. The van der Waals surface area contributed by atoms with Crippen LogP contribution in [0.5, 0.6) is 0 Å². The van der Waals surface area contributed by atoms with Gasteiger partial charge in [-0.15, -0.1) is 0 Å². The second kappa shape index (κ2) is 6.23. The molecule has 1 aromatic heterocycles. The standard InChI is InChI=1S/C11H21N5O3S/c1-5-6-16-7-10(13-9(16)3)20(18,19)15(4)8(2)11(12)14-17/h7-8,17H,5-6H2,1-4H3,(H2,12,14). The van der Waals surface area contributed by atoms with Crippen molar-refractivity contribution in [1.82, 2.24) is 13.9 Å². The molecule has 8 nitrogen and oxygen atoms in total. The maximum absolute atomic E-state index is 12.4. The van der Waals surface area contributed by atoms with E-state index < -0.39 is 16.1 Å². The van der Waals surface area contributed by atoms with Crippen LogP contribution >= 0.6 is 0 Å². The lowest BCUT2D eigenvalue weighted by molar-refractivity contribution is 0.311. The largest absolute Gasteiger partial charge is 0.409 e. The molecule has 3 N–H and O–H groups in total. The van der Waals surface area contributed by atoms with E-state index >= 15 is 0 Å². The predicted molar refractivity (Wildman–Crippen MR) is 75.1 cm³/mol. The summed E-state index contributed by atoms with van der Waals surface area (Å²) in [6, 6.07) is -0.762. The zero-order valence-electron chi connectivity index (χ0n) is 12.1. The quantitative estimate of drug-likeness (QED) is 0.341. The molecule has 0 amide bonds. The normalized spacial score (nSPS) is 14.8. The van der Waals surface area contributed by atoms with Crippen LogP contribution in [0, 0.1) is 6.92 Å². The van der Waals surface area contributed by atoms with E-state index in [1.807, 2.05) is 6.92 Å². The number of imidazole rings is 1. The molecular formula is C11H21N5O3S. The topological polar surface area (TPSA) is 114 Å². The first kappa shape index (κ1) is 16.4. The highest BCUT2D eigenvalue weighted by Crippen LogP contribution is 2.16. The molecule has 114 valence electrons. The van der Waals surface area contributed by atoms with Crippen molar-refractivity contribution in [3.8, 4) is 0 Å². The Kier molecular flexibility index (Phi) is 5.12.